The van der Waals surface area contributed by atoms with Crippen molar-refractivity contribution in [3.05, 3.63) is 42.6 Å². The van der Waals surface area contributed by atoms with Crippen molar-refractivity contribution in [2.45, 2.75) is 6.42 Å². The SMILES string of the molecule is CS(=O)(=O)CCCNC(=O)c1ccnc(-n2ccnc2)c1. The highest BCUT2D eigenvalue weighted by molar-refractivity contribution is 7.90. The van der Waals surface area contributed by atoms with Gasteiger partial charge in [-0.25, -0.2) is 18.4 Å². The minimum atomic E-state index is -2.99. The first-order chi connectivity index (χ1) is 9.96. The van der Waals surface area contributed by atoms with E-state index in [0.29, 0.717) is 24.3 Å². The van der Waals surface area contributed by atoms with Gasteiger partial charge in [-0.05, 0) is 18.6 Å². The molecule has 112 valence electrons. The minimum absolute atomic E-state index is 0.0594. The van der Waals surface area contributed by atoms with Crippen LogP contribution >= 0.6 is 0 Å². The third-order valence-electron chi connectivity index (χ3n) is 2.75. The number of carbonyl (C=O) groups is 1. The highest BCUT2D eigenvalue weighted by Gasteiger charge is 2.08. The van der Waals surface area contributed by atoms with Gasteiger partial charge in [0.2, 0.25) is 0 Å². The van der Waals surface area contributed by atoms with Gasteiger partial charge in [-0.3, -0.25) is 9.36 Å². The predicted octanol–water partition coefficient (Wildman–Crippen LogP) is 0.432. The molecule has 2 rings (SSSR count). The van der Waals surface area contributed by atoms with Crippen molar-refractivity contribution in [1.82, 2.24) is 19.9 Å². The van der Waals surface area contributed by atoms with E-state index in [2.05, 4.69) is 15.3 Å². The highest BCUT2D eigenvalue weighted by atomic mass is 32.2. The van der Waals surface area contributed by atoms with Crippen molar-refractivity contribution >= 4 is 15.7 Å². The Morgan fingerprint density at radius 1 is 1.38 bits per heavy atom. The topological polar surface area (TPSA) is 94.0 Å². The van der Waals surface area contributed by atoms with Crippen LogP contribution in [-0.4, -0.2) is 47.4 Å². The second kappa shape index (κ2) is 6.49. The van der Waals surface area contributed by atoms with E-state index in [4.69, 9.17) is 0 Å². The monoisotopic (exact) mass is 308 g/mol. The zero-order chi connectivity index (χ0) is 15.3. The van der Waals surface area contributed by atoms with Crippen LogP contribution in [0.1, 0.15) is 16.8 Å². The van der Waals surface area contributed by atoms with E-state index < -0.39 is 9.84 Å². The molecule has 0 bridgehead atoms. The van der Waals surface area contributed by atoms with Crippen LogP contribution in [0.5, 0.6) is 0 Å². The van der Waals surface area contributed by atoms with Crippen LogP contribution in [0.15, 0.2) is 37.1 Å². The maximum atomic E-state index is 12.0. The lowest BCUT2D eigenvalue weighted by molar-refractivity contribution is 0.0953. The van der Waals surface area contributed by atoms with Crippen molar-refractivity contribution in [2.75, 3.05) is 18.6 Å². The Hall–Kier alpha value is -2.22. The van der Waals surface area contributed by atoms with Gasteiger partial charge < -0.3 is 5.32 Å². The second-order valence-electron chi connectivity index (χ2n) is 4.61. The molecule has 0 radical (unpaired) electrons. The lowest BCUT2D eigenvalue weighted by Gasteiger charge is -2.06. The Labute approximate surface area is 123 Å². The number of aromatic nitrogens is 3. The summed E-state index contributed by atoms with van der Waals surface area (Å²) in [5.41, 5.74) is 0.466. The molecule has 0 fully saturated rings. The standard InChI is InChI=1S/C13H16N4O3S/c1-21(19,20)8-2-4-16-13(18)11-3-5-15-12(9-11)17-7-6-14-10-17/h3,5-7,9-10H,2,4,8H2,1H3,(H,16,18). The van der Waals surface area contributed by atoms with Crippen LogP contribution in [0, 0.1) is 0 Å². The Balaban J connectivity index is 1.95. The van der Waals surface area contributed by atoms with Crippen molar-refractivity contribution in [3.63, 3.8) is 0 Å². The Morgan fingerprint density at radius 3 is 2.86 bits per heavy atom. The molecule has 2 aromatic rings. The molecule has 0 unspecified atom stereocenters. The van der Waals surface area contributed by atoms with E-state index in [-0.39, 0.29) is 11.7 Å². The number of imidazole rings is 1. The van der Waals surface area contributed by atoms with E-state index in [9.17, 15) is 13.2 Å². The molecule has 8 heteroatoms. The normalized spacial score (nSPS) is 11.3. The molecule has 0 aliphatic carbocycles. The summed E-state index contributed by atoms with van der Waals surface area (Å²) < 4.78 is 23.7. The Kier molecular flexibility index (Phi) is 4.69. The molecule has 0 aliphatic heterocycles. The van der Waals surface area contributed by atoms with Crippen LogP contribution in [0.2, 0.25) is 0 Å². The fourth-order valence-corrected chi connectivity index (χ4v) is 2.40. The molecule has 21 heavy (non-hydrogen) atoms. The smallest absolute Gasteiger partial charge is 0.251 e. The fraction of sp³-hybridized carbons (Fsp3) is 0.308. The average molecular weight is 308 g/mol. The fourth-order valence-electron chi connectivity index (χ4n) is 1.73. The molecule has 0 atom stereocenters. The third kappa shape index (κ3) is 4.67. The number of carbonyl (C=O) groups excluding carboxylic acids is 1. The summed E-state index contributed by atoms with van der Waals surface area (Å²) in [6.07, 6.45) is 8.06. The van der Waals surface area contributed by atoms with Gasteiger partial charge in [0.15, 0.2) is 0 Å². The summed E-state index contributed by atoms with van der Waals surface area (Å²) in [4.78, 5) is 20.1. The first-order valence-corrected chi connectivity index (χ1v) is 8.42. The zero-order valence-electron chi connectivity index (χ0n) is 11.6. The number of hydrogen-bond acceptors (Lipinski definition) is 5. The Morgan fingerprint density at radius 2 is 2.19 bits per heavy atom. The highest BCUT2D eigenvalue weighted by Crippen LogP contribution is 2.06. The van der Waals surface area contributed by atoms with Crippen molar-refractivity contribution in [1.29, 1.82) is 0 Å². The number of nitrogens with zero attached hydrogens (tertiary/aromatic N) is 3. The number of pyridine rings is 1. The van der Waals surface area contributed by atoms with E-state index in [1.807, 2.05) is 0 Å². The molecule has 0 saturated carbocycles. The van der Waals surface area contributed by atoms with Crippen LogP contribution in [-0.2, 0) is 9.84 Å². The minimum Gasteiger partial charge on any atom is -0.352 e. The van der Waals surface area contributed by atoms with E-state index in [0.717, 1.165) is 0 Å². The first kappa shape index (κ1) is 15.2. The number of nitrogens with one attached hydrogen (secondary N) is 1. The number of hydrogen-bond donors (Lipinski definition) is 1. The van der Waals surface area contributed by atoms with E-state index >= 15 is 0 Å². The van der Waals surface area contributed by atoms with Gasteiger partial charge in [0, 0.05) is 37.0 Å². The molecule has 0 spiro atoms. The van der Waals surface area contributed by atoms with Crippen molar-refractivity contribution in [3.8, 4) is 5.82 Å². The maximum absolute atomic E-state index is 12.0. The van der Waals surface area contributed by atoms with Gasteiger partial charge in [0.25, 0.3) is 5.91 Å². The number of rotatable bonds is 6. The average Bonchev–Trinajstić information content (AvgIpc) is 2.96. The summed E-state index contributed by atoms with van der Waals surface area (Å²) in [6, 6.07) is 3.25. The van der Waals surface area contributed by atoms with Crippen LogP contribution < -0.4 is 5.32 Å². The van der Waals surface area contributed by atoms with Crippen molar-refractivity contribution in [2.24, 2.45) is 0 Å². The van der Waals surface area contributed by atoms with Crippen molar-refractivity contribution < 1.29 is 13.2 Å². The van der Waals surface area contributed by atoms with Gasteiger partial charge in [-0.1, -0.05) is 0 Å². The lowest BCUT2D eigenvalue weighted by atomic mass is 10.2. The quantitative estimate of drug-likeness (QED) is 0.781. The van der Waals surface area contributed by atoms with Crippen LogP contribution in [0.4, 0.5) is 0 Å². The molecule has 0 saturated heterocycles. The molecule has 1 amide bonds. The molecular weight excluding hydrogens is 292 g/mol. The summed E-state index contributed by atoms with van der Waals surface area (Å²) in [6.45, 7) is 0.314. The predicted molar refractivity (Wildman–Crippen MR) is 78.0 cm³/mol. The largest absolute Gasteiger partial charge is 0.352 e. The second-order valence-corrected chi connectivity index (χ2v) is 6.87. The van der Waals surface area contributed by atoms with Gasteiger partial charge in [0.05, 0.1) is 5.75 Å². The van der Waals surface area contributed by atoms with Gasteiger partial charge >= 0.3 is 0 Å². The first-order valence-electron chi connectivity index (χ1n) is 6.36. The number of amides is 1. The van der Waals surface area contributed by atoms with Gasteiger partial charge in [0.1, 0.15) is 22.0 Å². The lowest BCUT2D eigenvalue weighted by Crippen LogP contribution is -2.26. The molecule has 1 N–H and O–H groups in total. The summed E-state index contributed by atoms with van der Waals surface area (Å²) in [7, 11) is -2.99. The third-order valence-corrected chi connectivity index (χ3v) is 3.78. The molecule has 2 heterocycles. The maximum Gasteiger partial charge on any atom is 0.251 e. The van der Waals surface area contributed by atoms with Gasteiger partial charge in [-0.2, -0.15) is 0 Å². The van der Waals surface area contributed by atoms with Gasteiger partial charge in [-0.15, -0.1) is 0 Å². The Bertz CT molecular complexity index is 711. The summed E-state index contributed by atoms with van der Waals surface area (Å²) >= 11 is 0. The molecule has 0 aliphatic rings. The molecule has 7 nitrogen and oxygen atoms in total. The molecule has 2 aromatic heterocycles. The summed E-state index contributed by atoms with van der Waals surface area (Å²) in [5.74, 6) is 0.396. The summed E-state index contributed by atoms with van der Waals surface area (Å²) in [5, 5.41) is 2.69. The van der Waals surface area contributed by atoms with Crippen LogP contribution in [0.25, 0.3) is 5.82 Å². The molecule has 0 aromatic carbocycles. The molecular formula is C13H16N4O3S. The number of sulfone groups is 1. The van der Waals surface area contributed by atoms with E-state index in [1.165, 1.54) is 6.26 Å². The van der Waals surface area contributed by atoms with E-state index in [1.54, 1.807) is 41.6 Å². The zero-order valence-corrected chi connectivity index (χ0v) is 12.4. The van der Waals surface area contributed by atoms with Crippen LogP contribution in [0.3, 0.4) is 0 Å².